The fourth-order valence-electron chi connectivity index (χ4n) is 0.772. The molecule has 3 nitrogen and oxygen atoms in total. The van der Waals surface area contributed by atoms with Crippen molar-refractivity contribution < 1.29 is 18.1 Å². The number of halogens is 3. The summed E-state index contributed by atoms with van der Waals surface area (Å²) in [4.78, 5) is 9.34. The fourth-order valence-corrected chi connectivity index (χ4v) is 0.772. The summed E-state index contributed by atoms with van der Waals surface area (Å²) in [6.07, 6.45) is -4.45. The van der Waals surface area contributed by atoms with Crippen molar-refractivity contribution in [1.29, 1.82) is 0 Å². The molecule has 0 aromatic heterocycles. The number of nitrogens with zero attached hydrogens (tertiary/aromatic N) is 1. The van der Waals surface area contributed by atoms with Crippen LogP contribution in [0.3, 0.4) is 0 Å². The number of non-ortho nitro benzene ring substituents is 1. The van der Waals surface area contributed by atoms with Crippen LogP contribution in [-0.2, 0) is 6.18 Å². The van der Waals surface area contributed by atoms with Gasteiger partial charge < -0.3 is 0 Å². The first-order valence-electron chi connectivity index (χ1n) is 3.23. The van der Waals surface area contributed by atoms with E-state index >= 15 is 0 Å². The number of alkyl halides is 3. The molecule has 1 aromatic rings. The predicted molar refractivity (Wildman–Crippen MR) is 38.1 cm³/mol. The Labute approximate surface area is 70.9 Å². The molecular weight excluding hydrogens is 184 g/mol. The summed E-state index contributed by atoms with van der Waals surface area (Å²) in [6, 6.07) is 3.00. The van der Waals surface area contributed by atoms with Crippen molar-refractivity contribution in [3.05, 3.63) is 39.9 Å². The molecule has 1 rings (SSSR count). The monoisotopic (exact) mass is 188 g/mol. The highest BCUT2D eigenvalue weighted by Crippen LogP contribution is 2.29. The summed E-state index contributed by atoms with van der Waals surface area (Å²) in [6.45, 7) is 0. The van der Waals surface area contributed by atoms with Crippen LogP contribution in [0.25, 0.3) is 0 Å². The van der Waals surface area contributed by atoms with Crippen molar-refractivity contribution in [2.24, 2.45) is 0 Å². The van der Waals surface area contributed by atoms with Gasteiger partial charge in [-0.1, -0.05) is 0 Å². The van der Waals surface area contributed by atoms with Crippen LogP contribution in [-0.4, -0.2) is 4.92 Å². The van der Waals surface area contributed by atoms with E-state index in [1.54, 1.807) is 0 Å². The first kappa shape index (κ1) is 9.50. The van der Waals surface area contributed by atoms with Crippen molar-refractivity contribution >= 4 is 5.69 Å². The minimum absolute atomic E-state index is 0.354. The second-order valence-electron chi connectivity index (χ2n) is 2.30. The van der Waals surface area contributed by atoms with Crippen molar-refractivity contribution in [2.45, 2.75) is 6.18 Å². The van der Waals surface area contributed by atoms with Crippen LogP contribution in [0, 0.1) is 10.1 Å². The average Bonchev–Trinajstić information content (AvgIpc) is 2.03. The molecular formula is C7H4F3NO2. The maximum absolute atomic E-state index is 12.0. The first-order valence-corrected chi connectivity index (χ1v) is 3.23. The van der Waals surface area contributed by atoms with E-state index in [1.807, 2.05) is 0 Å². The molecule has 0 aliphatic carbocycles. The van der Waals surface area contributed by atoms with Gasteiger partial charge >= 0.3 is 6.18 Å². The molecule has 13 heavy (non-hydrogen) atoms. The Morgan fingerprint density at radius 2 is 1.62 bits per heavy atom. The van der Waals surface area contributed by atoms with Crippen molar-refractivity contribution in [2.75, 3.05) is 0 Å². The lowest BCUT2D eigenvalue weighted by Gasteiger charge is -2.04. The molecule has 0 saturated heterocycles. The molecule has 1 aromatic carbocycles. The van der Waals surface area contributed by atoms with Gasteiger partial charge in [-0.25, -0.2) is 0 Å². The van der Waals surface area contributed by atoms with Gasteiger partial charge in [0.25, 0.3) is 5.69 Å². The highest BCUT2D eigenvalue weighted by Gasteiger charge is 2.30. The zero-order valence-electron chi connectivity index (χ0n) is 6.21. The predicted octanol–water partition coefficient (Wildman–Crippen LogP) is 2.61. The van der Waals surface area contributed by atoms with Crippen molar-refractivity contribution in [3.63, 3.8) is 0 Å². The van der Waals surface area contributed by atoms with Crippen molar-refractivity contribution in [1.82, 2.24) is 0 Å². The molecule has 0 aliphatic heterocycles. The number of benzene rings is 1. The number of rotatable bonds is 1. The quantitative estimate of drug-likeness (QED) is 0.502. The highest BCUT2D eigenvalue weighted by atomic mass is 18.5. The van der Waals surface area contributed by atoms with Crippen LogP contribution < -0.4 is 0 Å². The molecule has 0 N–H and O–H groups in total. The third-order valence-corrected chi connectivity index (χ3v) is 1.41. The minimum Gasteiger partial charge on any atom is -0.258 e. The molecule has 0 aliphatic rings. The minimum atomic E-state index is -4.45. The lowest BCUT2D eigenvalue weighted by molar-refractivity contribution is -0.384. The Bertz CT molecular complexity index is 318. The van der Waals surface area contributed by atoms with Crippen LogP contribution in [0.4, 0.5) is 18.9 Å². The average molecular weight is 188 g/mol. The maximum atomic E-state index is 12.0. The summed E-state index contributed by atoms with van der Waals surface area (Å²) in [5, 5.41) is 10.1. The van der Waals surface area contributed by atoms with E-state index < -0.39 is 16.7 Å². The van der Waals surface area contributed by atoms with E-state index in [-0.39, 0.29) is 5.69 Å². The molecule has 6 heteroatoms. The zero-order chi connectivity index (χ0) is 10.1. The molecule has 0 radical (unpaired) electrons. The van der Waals surface area contributed by atoms with Gasteiger partial charge in [0, 0.05) is 12.1 Å². The second-order valence-corrected chi connectivity index (χ2v) is 2.30. The van der Waals surface area contributed by atoms with Crippen LogP contribution >= 0.6 is 0 Å². The summed E-state index contributed by atoms with van der Waals surface area (Å²) in [5.41, 5.74) is -1.24. The molecule has 0 heterocycles. The molecule has 0 amide bonds. The number of nitro benzene ring substituents is 1. The lowest BCUT2D eigenvalue weighted by Crippen LogP contribution is -2.04. The normalized spacial score (nSPS) is 11.3. The largest absolute Gasteiger partial charge is 0.416 e. The Morgan fingerprint density at radius 1 is 1.15 bits per heavy atom. The van der Waals surface area contributed by atoms with Gasteiger partial charge in [-0.05, 0) is 12.1 Å². The number of nitro groups is 1. The zero-order valence-corrected chi connectivity index (χ0v) is 6.21. The Morgan fingerprint density at radius 3 is 1.92 bits per heavy atom. The Hall–Kier alpha value is -1.59. The Kier molecular flexibility index (Phi) is 2.22. The van der Waals surface area contributed by atoms with E-state index in [2.05, 4.69) is 0 Å². The van der Waals surface area contributed by atoms with Crippen LogP contribution in [0.5, 0.6) is 0 Å². The van der Waals surface area contributed by atoms with Gasteiger partial charge in [0.15, 0.2) is 0 Å². The number of hydrogen-bond donors (Lipinski definition) is 0. The van der Waals surface area contributed by atoms with Crippen LogP contribution in [0.1, 0.15) is 5.56 Å². The van der Waals surface area contributed by atoms with Crippen LogP contribution in [0.15, 0.2) is 24.3 Å². The number of hydrogen-bond acceptors (Lipinski definition) is 2. The standard InChI is InChI=1S/C7H4F3NO2/c8-7(9,10)5-1-3-6(4-2-5)11(12)13/h1-4H/i8-1,9-1,10-1. The lowest BCUT2D eigenvalue weighted by atomic mass is 10.2. The SMILES string of the molecule is O=[N+]([O-])c1ccc(C([18F])([18F])[18F])cc1. The van der Waals surface area contributed by atoms with E-state index in [1.165, 1.54) is 0 Å². The van der Waals surface area contributed by atoms with E-state index in [0.29, 0.717) is 12.1 Å². The van der Waals surface area contributed by atoms with Crippen LogP contribution in [0.2, 0.25) is 0 Å². The summed E-state index contributed by atoms with van der Waals surface area (Å²) >= 11 is 0. The molecule has 0 bridgehead atoms. The topological polar surface area (TPSA) is 43.1 Å². The van der Waals surface area contributed by atoms with Gasteiger partial charge in [0.05, 0.1) is 10.5 Å². The molecule has 0 spiro atoms. The maximum Gasteiger partial charge on any atom is 0.416 e. The van der Waals surface area contributed by atoms with Gasteiger partial charge in [0.2, 0.25) is 0 Å². The third kappa shape index (κ3) is 2.17. The summed E-state index contributed by atoms with van der Waals surface area (Å²) in [5.74, 6) is 0. The van der Waals surface area contributed by atoms with E-state index in [4.69, 9.17) is 0 Å². The fraction of sp³-hybridized carbons (Fsp3) is 0.143. The van der Waals surface area contributed by atoms with Crippen molar-refractivity contribution in [3.8, 4) is 0 Å². The molecule has 0 saturated carbocycles. The third-order valence-electron chi connectivity index (χ3n) is 1.41. The van der Waals surface area contributed by atoms with Gasteiger partial charge in [0.1, 0.15) is 0 Å². The molecule has 0 fully saturated rings. The first-order chi connectivity index (χ1) is 5.91. The summed E-state index contributed by atoms with van der Waals surface area (Å²) in [7, 11) is 0. The van der Waals surface area contributed by atoms with Gasteiger partial charge in [-0.3, -0.25) is 10.1 Å². The molecule has 0 atom stereocenters. The molecule has 70 valence electrons. The molecule has 0 unspecified atom stereocenters. The Balaban J connectivity index is 3.01. The summed E-state index contributed by atoms with van der Waals surface area (Å²) < 4.78 is 35.9. The van der Waals surface area contributed by atoms with Gasteiger partial charge in [-0.2, -0.15) is 13.2 Å². The smallest absolute Gasteiger partial charge is 0.258 e. The highest BCUT2D eigenvalue weighted by molar-refractivity contribution is 5.33. The van der Waals surface area contributed by atoms with Gasteiger partial charge in [-0.15, -0.1) is 0 Å². The van der Waals surface area contributed by atoms with E-state index in [0.717, 1.165) is 12.1 Å². The second kappa shape index (κ2) is 3.04. The van der Waals surface area contributed by atoms with E-state index in [9.17, 15) is 23.3 Å².